The Kier molecular flexibility index (Phi) is 3.90. The van der Waals surface area contributed by atoms with E-state index < -0.39 is 0 Å². The molecule has 0 spiro atoms. The molecule has 0 aliphatic carbocycles. The molecule has 0 amide bonds. The van der Waals surface area contributed by atoms with Crippen LogP contribution in [-0.2, 0) is 11.8 Å². The highest BCUT2D eigenvalue weighted by Gasteiger charge is 2.21. The van der Waals surface area contributed by atoms with E-state index in [1.807, 2.05) is 11.3 Å². The third-order valence-electron chi connectivity index (χ3n) is 2.45. The van der Waals surface area contributed by atoms with Crippen molar-refractivity contribution < 1.29 is 0 Å². The average molecular weight is 226 g/mol. The summed E-state index contributed by atoms with van der Waals surface area (Å²) >= 11 is 1.84. The molecule has 0 aliphatic rings. The van der Waals surface area contributed by atoms with Crippen molar-refractivity contribution in [1.29, 1.82) is 0 Å². The van der Waals surface area contributed by atoms with Crippen LogP contribution in [0.2, 0.25) is 0 Å². The van der Waals surface area contributed by atoms with Crippen LogP contribution in [-0.4, -0.2) is 11.5 Å². The second-order valence-corrected chi connectivity index (χ2v) is 6.40. The Labute approximate surface area is 96.9 Å². The van der Waals surface area contributed by atoms with Crippen molar-refractivity contribution in [2.45, 2.75) is 46.5 Å². The van der Waals surface area contributed by atoms with Crippen molar-refractivity contribution in [3.8, 4) is 0 Å². The maximum atomic E-state index is 5.63. The lowest BCUT2D eigenvalue weighted by molar-refractivity contribution is 0.589. The van der Waals surface area contributed by atoms with Gasteiger partial charge in [-0.3, -0.25) is 0 Å². The van der Waals surface area contributed by atoms with Gasteiger partial charge >= 0.3 is 0 Å². The van der Waals surface area contributed by atoms with E-state index in [4.69, 9.17) is 5.73 Å². The summed E-state index contributed by atoms with van der Waals surface area (Å²) in [5, 5.41) is 1.23. The van der Waals surface area contributed by atoms with Crippen molar-refractivity contribution in [2.75, 3.05) is 6.54 Å². The normalized spacial score (nSPS) is 14.3. The van der Waals surface area contributed by atoms with Gasteiger partial charge in [0.25, 0.3) is 0 Å². The van der Waals surface area contributed by atoms with E-state index >= 15 is 0 Å². The van der Waals surface area contributed by atoms with Crippen LogP contribution in [0.15, 0.2) is 0 Å². The third kappa shape index (κ3) is 3.28. The molecular formula is C12H22N2S. The second-order valence-electron chi connectivity index (χ2n) is 5.32. The van der Waals surface area contributed by atoms with Gasteiger partial charge < -0.3 is 5.73 Å². The van der Waals surface area contributed by atoms with Gasteiger partial charge in [-0.2, -0.15) is 0 Å². The minimum absolute atomic E-state index is 0.214. The fourth-order valence-electron chi connectivity index (χ4n) is 1.62. The van der Waals surface area contributed by atoms with E-state index in [0.717, 1.165) is 13.0 Å². The molecule has 0 saturated heterocycles. The van der Waals surface area contributed by atoms with Gasteiger partial charge in [0.1, 0.15) is 0 Å². The summed E-state index contributed by atoms with van der Waals surface area (Å²) in [4.78, 5) is 6.03. The standard InChI is InChI=1S/C12H22N2S/c1-8(7-13)6-10-14-9(2)11(15-10)12(3,4)5/h8H,6-7,13H2,1-5H3. The Morgan fingerprint density at radius 1 is 1.40 bits per heavy atom. The van der Waals surface area contributed by atoms with Gasteiger partial charge in [0, 0.05) is 11.3 Å². The van der Waals surface area contributed by atoms with Crippen LogP contribution in [0.25, 0.3) is 0 Å². The summed E-state index contributed by atoms with van der Waals surface area (Å²) in [6.07, 6.45) is 1.01. The molecule has 1 aromatic rings. The second kappa shape index (κ2) is 4.62. The fraction of sp³-hybridized carbons (Fsp3) is 0.750. The molecule has 1 aromatic heterocycles. The molecule has 0 bridgehead atoms. The number of rotatable bonds is 3. The lowest BCUT2D eigenvalue weighted by Gasteiger charge is -2.16. The van der Waals surface area contributed by atoms with Crippen LogP contribution in [0.5, 0.6) is 0 Å². The van der Waals surface area contributed by atoms with E-state index in [1.54, 1.807) is 0 Å². The SMILES string of the molecule is Cc1nc(CC(C)CN)sc1C(C)(C)C. The Morgan fingerprint density at radius 2 is 2.00 bits per heavy atom. The number of aryl methyl sites for hydroxylation is 1. The third-order valence-corrected chi connectivity index (χ3v) is 4.05. The maximum absolute atomic E-state index is 5.63. The van der Waals surface area contributed by atoms with Crippen LogP contribution < -0.4 is 5.73 Å². The first-order valence-corrected chi connectivity index (χ1v) is 6.33. The van der Waals surface area contributed by atoms with E-state index in [9.17, 15) is 0 Å². The molecule has 1 atom stereocenters. The molecule has 15 heavy (non-hydrogen) atoms. The Hall–Kier alpha value is -0.410. The highest BCUT2D eigenvalue weighted by Crippen LogP contribution is 2.31. The van der Waals surface area contributed by atoms with Crippen molar-refractivity contribution in [2.24, 2.45) is 11.7 Å². The van der Waals surface area contributed by atoms with E-state index in [2.05, 4.69) is 39.6 Å². The summed E-state index contributed by atoms with van der Waals surface area (Å²) in [6.45, 7) is 11.7. The first-order valence-electron chi connectivity index (χ1n) is 5.51. The van der Waals surface area contributed by atoms with E-state index in [1.165, 1.54) is 15.6 Å². The zero-order chi connectivity index (χ0) is 11.6. The Morgan fingerprint density at radius 3 is 2.40 bits per heavy atom. The summed E-state index contributed by atoms with van der Waals surface area (Å²) in [7, 11) is 0. The molecule has 1 unspecified atom stereocenters. The lowest BCUT2D eigenvalue weighted by atomic mass is 9.93. The Bertz CT molecular complexity index is 323. The summed E-state index contributed by atoms with van der Waals surface area (Å²) in [5.41, 5.74) is 7.03. The highest BCUT2D eigenvalue weighted by atomic mass is 32.1. The van der Waals surface area contributed by atoms with Crippen LogP contribution in [0.1, 0.15) is 43.3 Å². The number of aromatic nitrogens is 1. The number of hydrogen-bond acceptors (Lipinski definition) is 3. The van der Waals surface area contributed by atoms with Crippen LogP contribution >= 0.6 is 11.3 Å². The van der Waals surface area contributed by atoms with E-state index in [-0.39, 0.29) is 5.41 Å². The summed E-state index contributed by atoms with van der Waals surface area (Å²) in [6, 6.07) is 0. The molecular weight excluding hydrogens is 204 g/mol. The van der Waals surface area contributed by atoms with Crippen molar-refractivity contribution in [3.63, 3.8) is 0 Å². The van der Waals surface area contributed by atoms with Gasteiger partial charge in [0.05, 0.1) is 10.7 Å². The largest absolute Gasteiger partial charge is 0.330 e. The molecule has 0 saturated carbocycles. The molecule has 86 valence electrons. The van der Waals surface area contributed by atoms with Crippen LogP contribution in [0.3, 0.4) is 0 Å². The van der Waals surface area contributed by atoms with Gasteiger partial charge in [0.15, 0.2) is 0 Å². The van der Waals surface area contributed by atoms with Gasteiger partial charge in [0.2, 0.25) is 0 Å². The summed E-state index contributed by atoms with van der Waals surface area (Å²) < 4.78 is 0. The smallest absolute Gasteiger partial charge is 0.0934 e. The first kappa shape index (κ1) is 12.7. The van der Waals surface area contributed by atoms with E-state index in [0.29, 0.717) is 5.92 Å². The molecule has 3 heteroatoms. The highest BCUT2D eigenvalue weighted by molar-refractivity contribution is 7.11. The van der Waals surface area contributed by atoms with Crippen molar-refractivity contribution >= 4 is 11.3 Å². The molecule has 1 rings (SSSR count). The van der Waals surface area contributed by atoms with Crippen molar-refractivity contribution in [1.82, 2.24) is 4.98 Å². The minimum Gasteiger partial charge on any atom is -0.330 e. The van der Waals surface area contributed by atoms with Gasteiger partial charge in [-0.05, 0) is 24.8 Å². The lowest BCUT2D eigenvalue weighted by Crippen LogP contribution is -2.12. The van der Waals surface area contributed by atoms with Crippen molar-refractivity contribution in [3.05, 3.63) is 15.6 Å². The molecule has 1 heterocycles. The van der Waals surface area contributed by atoms with Crippen LogP contribution in [0.4, 0.5) is 0 Å². The molecule has 2 nitrogen and oxygen atoms in total. The quantitative estimate of drug-likeness (QED) is 0.860. The van der Waals surface area contributed by atoms with Gasteiger partial charge in [-0.25, -0.2) is 4.98 Å². The monoisotopic (exact) mass is 226 g/mol. The first-order chi connectivity index (χ1) is 6.84. The fourth-order valence-corrected chi connectivity index (χ4v) is 2.90. The Balaban J connectivity index is 2.86. The number of thiazole rings is 1. The zero-order valence-corrected chi connectivity index (χ0v) is 11.2. The van der Waals surface area contributed by atoms with Crippen LogP contribution in [0, 0.1) is 12.8 Å². The molecule has 0 aliphatic heterocycles. The molecule has 0 radical (unpaired) electrons. The number of nitrogens with zero attached hydrogens (tertiary/aromatic N) is 1. The molecule has 2 N–H and O–H groups in total. The van der Waals surface area contributed by atoms with Gasteiger partial charge in [-0.1, -0.05) is 27.7 Å². The average Bonchev–Trinajstić information content (AvgIpc) is 2.45. The summed E-state index contributed by atoms with van der Waals surface area (Å²) in [5.74, 6) is 0.531. The molecule has 0 aromatic carbocycles. The number of hydrogen-bond donors (Lipinski definition) is 1. The topological polar surface area (TPSA) is 38.9 Å². The predicted molar refractivity (Wildman–Crippen MR) is 67.5 cm³/mol. The van der Waals surface area contributed by atoms with Gasteiger partial charge in [-0.15, -0.1) is 11.3 Å². The maximum Gasteiger partial charge on any atom is 0.0934 e. The molecule has 0 fully saturated rings. The predicted octanol–water partition coefficient (Wildman–Crippen LogP) is 2.89. The number of nitrogens with two attached hydrogens (primary N) is 1. The zero-order valence-electron chi connectivity index (χ0n) is 10.4. The minimum atomic E-state index is 0.214.